The molecule has 0 spiro atoms. The van der Waals surface area contributed by atoms with Crippen molar-refractivity contribution in [2.24, 2.45) is 0 Å². The smallest absolute Gasteiger partial charge is 0.230 e. The van der Waals surface area contributed by atoms with E-state index < -0.39 is 0 Å². The summed E-state index contributed by atoms with van der Waals surface area (Å²) in [5, 5.41) is 12.6. The molecule has 1 saturated carbocycles. The Kier molecular flexibility index (Phi) is 6.38. The molecule has 1 heterocycles. The lowest BCUT2D eigenvalue weighted by Gasteiger charge is -2.21. The molecule has 0 bridgehead atoms. The van der Waals surface area contributed by atoms with Crippen molar-refractivity contribution < 1.29 is 4.79 Å². The third-order valence-electron chi connectivity index (χ3n) is 5.18. The topological polar surface area (TPSA) is 63.1 Å². The second kappa shape index (κ2) is 9.34. The highest BCUT2D eigenvalue weighted by atomic mass is 32.2. The maximum atomic E-state index is 12.2. The van der Waals surface area contributed by atoms with E-state index in [-0.39, 0.29) is 5.91 Å². The predicted octanol–water partition coefficient (Wildman–Crippen LogP) is 4.15. The van der Waals surface area contributed by atoms with Crippen LogP contribution in [0.25, 0.3) is 17.1 Å². The highest BCUT2D eigenvalue weighted by Gasteiger charge is 2.24. The average Bonchev–Trinajstić information content (AvgIpc) is 3.49. The summed E-state index contributed by atoms with van der Waals surface area (Å²) in [7, 11) is 0. The number of nitrogens with zero attached hydrogens (tertiary/aromatic N) is 4. The Morgan fingerprint density at radius 1 is 1.07 bits per heavy atom. The first kappa shape index (κ1) is 20.5. The van der Waals surface area contributed by atoms with Crippen molar-refractivity contribution in [3.8, 4) is 17.1 Å². The molecule has 156 valence electrons. The highest BCUT2D eigenvalue weighted by molar-refractivity contribution is 7.99. The molecular formula is C23H27N5OS. The number of benzene rings is 2. The van der Waals surface area contributed by atoms with E-state index in [2.05, 4.69) is 58.5 Å². The number of aromatic nitrogens is 3. The third-order valence-corrected chi connectivity index (χ3v) is 6.11. The van der Waals surface area contributed by atoms with Crippen LogP contribution in [0.2, 0.25) is 0 Å². The molecule has 0 unspecified atom stereocenters. The van der Waals surface area contributed by atoms with Gasteiger partial charge in [0.15, 0.2) is 11.0 Å². The molecule has 2 aromatic carbocycles. The van der Waals surface area contributed by atoms with Gasteiger partial charge in [0.25, 0.3) is 0 Å². The van der Waals surface area contributed by atoms with Gasteiger partial charge in [0.05, 0.1) is 5.75 Å². The number of hydrogen-bond acceptors (Lipinski definition) is 5. The lowest BCUT2D eigenvalue weighted by atomic mass is 10.1. The van der Waals surface area contributed by atoms with Crippen LogP contribution in [0.1, 0.15) is 26.7 Å². The lowest BCUT2D eigenvalue weighted by molar-refractivity contribution is -0.118. The quantitative estimate of drug-likeness (QED) is 0.526. The molecule has 6 nitrogen and oxygen atoms in total. The zero-order chi connectivity index (χ0) is 20.9. The molecule has 7 heteroatoms. The molecule has 1 amide bonds. The van der Waals surface area contributed by atoms with E-state index in [9.17, 15) is 4.79 Å². The Bertz CT molecular complexity index is 979. The molecule has 30 heavy (non-hydrogen) atoms. The molecule has 1 aliphatic carbocycles. The largest absolute Gasteiger partial charge is 0.372 e. The first-order chi connectivity index (χ1) is 14.7. The van der Waals surface area contributed by atoms with E-state index in [1.54, 1.807) is 0 Å². The number of thioether (sulfide) groups is 1. The number of anilines is 1. The zero-order valence-corrected chi connectivity index (χ0v) is 18.2. The van der Waals surface area contributed by atoms with E-state index in [4.69, 9.17) is 0 Å². The summed E-state index contributed by atoms with van der Waals surface area (Å²) in [6.45, 7) is 6.26. The van der Waals surface area contributed by atoms with Crippen molar-refractivity contribution >= 4 is 23.4 Å². The lowest BCUT2D eigenvalue weighted by Crippen LogP contribution is -2.27. The van der Waals surface area contributed by atoms with Crippen LogP contribution < -0.4 is 10.2 Å². The fourth-order valence-electron chi connectivity index (χ4n) is 3.40. The number of rotatable bonds is 9. The minimum Gasteiger partial charge on any atom is -0.372 e. The molecule has 0 atom stereocenters. The van der Waals surface area contributed by atoms with E-state index in [1.165, 1.54) is 17.4 Å². The third kappa shape index (κ3) is 4.67. The van der Waals surface area contributed by atoms with Gasteiger partial charge in [-0.2, -0.15) is 0 Å². The van der Waals surface area contributed by atoms with Crippen LogP contribution in [0.15, 0.2) is 59.8 Å². The Morgan fingerprint density at radius 3 is 2.40 bits per heavy atom. The van der Waals surface area contributed by atoms with Crippen LogP contribution in [0, 0.1) is 0 Å². The Labute approximate surface area is 181 Å². The van der Waals surface area contributed by atoms with Gasteiger partial charge in [-0.25, -0.2) is 0 Å². The number of carbonyl (C=O) groups excluding carboxylic acids is 1. The Hall–Kier alpha value is -2.80. The van der Waals surface area contributed by atoms with Crippen molar-refractivity contribution in [2.45, 2.75) is 37.9 Å². The van der Waals surface area contributed by atoms with E-state index in [0.717, 1.165) is 48.2 Å². The van der Waals surface area contributed by atoms with Gasteiger partial charge < -0.3 is 10.2 Å². The number of para-hydroxylation sites is 1. The maximum Gasteiger partial charge on any atom is 0.230 e. The molecule has 0 radical (unpaired) electrons. The Morgan fingerprint density at radius 2 is 1.77 bits per heavy atom. The molecule has 3 aromatic rings. The fraction of sp³-hybridized carbons (Fsp3) is 0.348. The first-order valence-corrected chi connectivity index (χ1v) is 11.5. The van der Waals surface area contributed by atoms with Crippen LogP contribution in [-0.4, -0.2) is 45.6 Å². The van der Waals surface area contributed by atoms with Gasteiger partial charge in [-0.3, -0.25) is 9.36 Å². The summed E-state index contributed by atoms with van der Waals surface area (Å²) in [6, 6.07) is 18.8. The second-order valence-corrected chi connectivity index (χ2v) is 8.27. The molecule has 1 aromatic heterocycles. The van der Waals surface area contributed by atoms with Crippen LogP contribution >= 0.6 is 11.8 Å². The molecule has 4 rings (SSSR count). The minimum atomic E-state index is 0.0511. The SMILES string of the molecule is CCN(CC)c1ccc(-c2nnc(SCC(=O)NC3CC3)n2-c2ccccc2)cc1. The predicted molar refractivity (Wildman–Crippen MR) is 122 cm³/mol. The van der Waals surface area contributed by atoms with Crippen molar-refractivity contribution in [2.75, 3.05) is 23.7 Å². The number of carbonyl (C=O) groups is 1. The summed E-state index contributed by atoms with van der Waals surface area (Å²) in [6.07, 6.45) is 2.18. The standard InChI is InChI=1S/C23H27N5OS/c1-3-27(4-2)19-14-10-17(11-15-19)22-25-26-23(28(22)20-8-6-5-7-9-20)30-16-21(29)24-18-12-13-18/h5-11,14-15,18H,3-4,12-13,16H2,1-2H3,(H,24,29). The summed E-state index contributed by atoms with van der Waals surface area (Å²) < 4.78 is 2.03. The van der Waals surface area contributed by atoms with Crippen LogP contribution in [-0.2, 0) is 4.79 Å². The molecule has 0 aliphatic heterocycles. The number of nitrogens with one attached hydrogen (secondary N) is 1. The van der Waals surface area contributed by atoms with Crippen molar-refractivity contribution in [3.63, 3.8) is 0 Å². The maximum absolute atomic E-state index is 12.2. The molecule has 1 N–H and O–H groups in total. The average molecular weight is 422 g/mol. The summed E-state index contributed by atoms with van der Waals surface area (Å²) in [5.41, 5.74) is 3.17. The van der Waals surface area contributed by atoms with Gasteiger partial charge in [0.1, 0.15) is 0 Å². The van der Waals surface area contributed by atoms with Crippen molar-refractivity contribution in [1.29, 1.82) is 0 Å². The minimum absolute atomic E-state index is 0.0511. The van der Waals surface area contributed by atoms with Gasteiger partial charge in [-0.15, -0.1) is 10.2 Å². The number of amides is 1. The molecular weight excluding hydrogens is 394 g/mol. The molecule has 0 saturated heterocycles. The molecule has 1 fully saturated rings. The van der Waals surface area contributed by atoms with Gasteiger partial charge in [-0.1, -0.05) is 30.0 Å². The number of hydrogen-bond donors (Lipinski definition) is 1. The highest BCUT2D eigenvalue weighted by Crippen LogP contribution is 2.29. The van der Waals surface area contributed by atoms with Crippen LogP contribution in [0.5, 0.6) is 0 Å². The fourth-order valence-corrected chi connectivity index (χ4v) is 4.16. The summed E-state index contributed by atoms with van der Waals surface area (Å²) in [4.78, 5) is 14.5. The van der Waals surface area contributed by atoms with E-state index in [1.807, 2.05) is 34.9 Å². The van der Waals surface area contributed by atoms with Crippen molar-refractivity contribution in [3.05, 3.63) is 54.6 Å². The monoisotopic (exact) mass is 421 g/mol. The normalized spacial score (nSPS) is 13.3. The van der Waals surface area contributed by atoms with Gasteiger partial charge in [0, 0.05) is 36.1 Å². The Balaban J connectivity index is 1.62. The van der Waals surface area contributed by atoms with Crippen LogP contribution in [0.3, 0.4) is 0 Å². The summed E-state index contributed by atoms with van der Waals surface area (Å²) in [5.74, 6) is 1.16. The first-order valence-electron chi connectivity index (χ1n) is 10.5. The van der Waals surface area contributed by atoms with E-state index >= 15 is 0 Å². The van der Waals surface area contributed by atoms with Gasteiger partial charge in [0.2, 0.25) is 5.91 Å². The second-order valence-electron chi connectivity index (χ2n) is 7.33. The van der Waals surface area contributed by atoms with Crippen LogP contribution in [0.4, 0.5) is 5.69 Å². The summed E-state index contributed by atoms with van der Waals surface area (Å²) >= 11 is 1.42. The van der Waals surface area contributed by atoms with Crippen molar-refractivity contribution in [1.82, 2.24) is 20.1 Å². The zero-order valence-electron chi connectivity index (χ0n) is 17.4. The van der Waals surface area contributed by atoms with Gasteiger partial charge in [-0.05, 0) is 63.1 Å². The molecule has 1 aliphatic rings. The van der Waals surface area contributed by atoms with Gasteiger partial charge >= 0.3 is 0 Å². The van der Waals surface area contributed by atoms with E-state index in [0.29, 0.717) is 11.8 Å².